The minimum Gasteiger partial charge on any atom is -0.455 e. The Labute approximate surface area is 129 Å². The van der Waals surface area contributed by atoms with Crippen LogP contribution < -0.4 is 5.73 Å². The largest absolute Gasteiger partial charge is 0.713 e. The molecule has 0 aliphatic heterocycles. The molecule has 0 saturated carbocycles. The van der Waals surface area contributed by atoms with E-state index in [1.807, 2.05) is 0 Å². The van der Waals surface area contributed by atoms with E-state index in [1.54, 1.807) is 0 Å². The first kappa shape index (κ1) is 20.5. The highest BCUT2D eigenvalue weighted by atomic mass is 28.4. The van der Waals surface area contributed by atoms with Crippen LogP contribution in [-0.4, -0.2) is 56.7 Å². The molecular formula is C12H23NO8Si. The molecule has 0 rings (SSSR count). The van der Waals surface area contributed by atoms with E-state index in [-0.39, 0.29) is 19.4 Å². The summed E-state index contributed by atoms with van der Waals surface area (Å²) in [6.45, 7) is 2.18. The number of aliphatic hydroxyl groups is 2. The molecule has 0 heterocycles. The molecule has 0 atom stereocenters. The van der Waals surface area contributed by atoms with Gasteiger partial charge in [-0.1, -0.05) is 0 Å². The van der Waals surface area contributed by atoms with E-state index in [0.717, 1.165) is 20.8 Å². The summed E-state index contributed by atoms with van der Waals surface area (Å²) in [5.74, 6) is -2.49. The Morgan fingerprint density at radius 2 is 1.23 bits per heavy atom. The monoisotopic (exact) mass is 337 g/mol. The van der Waals surface area contributed by atoms with Crippen LogP contribution in [0.15, 0.2) is 0 Å². The number of carbonyl (C=O) groups excluding carboxylic acids is 3. The van der Waals surface area contributed by atoms with Crippen LogP contribution in [0, 0.1) is 0 Å². The van der Waals surface area contributed by atoms with E-state index in [9.17, 15) is 24.6 Å². The van der Waals surface area contributed by atoms with Crippen molar-refractivity contribution in [3.05, 3.63) is 0 Å². The van der Waals surface area contributed by atoms with Crippen LogP contribution >= 0.6 is 0 Å². The Hall–Kier alpha value is -1.49. The molecule has 4 N–H and O–H groups in total. The molecular weight excluding hydrogens is 314 g/mol. The minimum atomic E-state index is -4.30. The Balaban J connectivity index is 6.13. The standard InChI is InChI=1S/C12H23NO8Si/c1-9(16)19-22(20-10(2)17,21-11(3)18)12(8-13,4-6-14)5-7-15/h14-15H,4-8,13H2,1-3H3. The third-order valence-corrected chi connectivity index (χ3v) is 6.73. The molecule has 0 aromatic heterocycles. The Bertz CT molecular complexity index is 367. The molecule has 0 spiro atoms. The van der Waals surface area contributed by atoms with E-state index >= 15 is 0 Å². The zero-order chi connectivity index (χ0) is 17.4. The normalized spacial score (nSPS) is 11.7. The summed E-state index contributed by atoms with van der Waals surface area (Å²) in [4.78, 5) is 34.4. The summed E-state index contributed by atoms with van der Waals surface area (Å²) in [6.07, 6.45) is -0.158. The van der Waals surface area contributed by atoms with Crippen LogP contribution in [0.3, 0.4) is 0 Å². The van der Waals surface area contributed by atoms with Crippen LogP contribution in [0.5, 0.6) is 0 Å². The fraction of sp³-hybridized carbons (Fsp3) is 0.750. The first-order valence-corrected chi connectivity index (χ1v) is 8.41. The second-order valence-corrected chi connectivity index (χ2v) is 7.55. The molecule has 128 valence electrons. The summed E-state index contributed by atoms with van der Waals surface area (Å²) in [5, 5.41) is 17.2. The van der Waals surface area contributed by atoms with Gasteiger partial charge in [-0.15, -0.1) is 0 Å². The lowest BCUT2D eigenvalue weighted by Crippen LogP contribution is -2.61. The molecule has 0 saturated heterocycles. The zero-order valence-electron chi connectivity index (χ0n) is 13.0. The third kappa shape index (κ3) is 5.05. The van der Waals surface area contributed by atoms with Gasteiger partial charge in [0.05, 0.1) is 5.04 Å². The Kier molecular flexibility index (Phi) is 8.23. The van der Waals surface area contributed by atoms with Gasteiger partial charge in [0.15, 0.2) is 0 Å². The summed E-state index contributed by atoms with van der Waals surface area (Å²) in [7, 11) is -4.30. The highest BCUT2D eigenvalue weighted by Crippen LogP contribution is 2.46. The average molecular weight is 337 g/mol. The SMILES string of the molecule is CC(=O)O[Si](OC(C)=O)(OC(C)=O)C(CN)(CCO)CCO. The summed E-state index contributed by atoms with van der Waals surface area (Å²) in [5.41, 5.74) is 5.73. The molecule has 0 unspecified atom stereocenters. The van der Waals surface area contributed by atoms with Gasteiger partial charge in [-0.05, 0) is 12.8 Å². The van der Waals surface area contributed by atoms with Gasteiger partial charge in [0.2, 0.25) is 0 Å². The van der Waals surface area contributed by atoms with Gasteiger partial charge in [0.25, 0.3) is 17.9 Å². The number of carbonyl (C=O) groups is 3. The van der Waals surface area contributed by atoms with Crippen molar-refractivity contribution >= 4 is 26.7 Å². The van der Waals surface area contributed by atoms with Gasteiger partial charge >= 0.3 is 8.80 Å². The predicted octanol–water partition coefficient (Wildman–Crippen LogP) is -0.921. The summed E-state index contributed by atoms with van der Waals surface area (Å²) >= 11 is 0. The Morgan fingerprint density at radius 1 is 0.909 bits per heavy atom. The quantitative estimate of drug-likeness (QED) is 0.454. The maximum absolute atomic E-state index is 11.5. The summed E-state index contributed by atoms with van der Waals surface area (Å²) < 4.78 is 15.4. The van der Waals surface area contributed by atoms with Crippen LogP contribution in [0.25, 0.3) is 0 Å². The van der Waals surface area contributed by atoms with Crippen molar-refractivity contribution in [3.63, 3.8) is 0 Å². The van der Waals surface area contributed by atoms with Crippen molar-refractivity contribution in [3.8, 4) is 0 Å². The molecule has 0 bridgehead atoms. The van der Waals surface area contributed by atoms with Crippen molar-refractivity contribution in [2.45, 2.75) is 38.7 Å². The van der Waals surface area contributed by atoms with E-state index < -0.39 is 45.0 Å². The number of rotatable bonds is 9. The highest BCUT2D eigenvalue weighted by Gasteiger charge is 2.68. The third-order valence-electron chi connectivity index (χ3n) is 3.06. The van der Waals surface area contributed by atoms with Gasteiger partial charge in [0.1, 0.15) is 0 Å². The molecule has 0 fully saturated rings. The van der Waals surface area contributed by atoms with E-state index in [4.69, 9.17) is 19.0 Å². The molecule has 0 radical (unpaired) electrons. The van der Waals surface area contributed by atoms with Gasteiger partial charge in [-0.2, -0.15) is 0 Å². The molecule has 0 aliphatic carbocycles. The molecule has 0 aliphatic rings. The minimum absolute atomic E-state index is 0.0792. The van der Waals surface area contributed by atoms with Crippen LogP contribution in [0.1, 0.15) is 33.6 Å². The number of hydrogen-bond acceptors (Lipinski definition) is 9. The fourth-order valence-electron chi connectivity index (χ4n) is 2.14. The lowest BCUT2D eigenvalue weighted by molar-refractivity contribution is -0.150. The fourth-order valence-corrected chi connectivity index (χ4v) is 5.14. The molecule has 10 heteroatoms. The van der Waals surface area contributed by atoms with Crippen molar-refractivity contribution in [1.82, 2.24) is 0 Å². The number of hydrogen-bond donors (Lipinski definition) is 3. The lowest BCUT2D eigenvalue weighted by Gasteiger charge is -2.41. The van der Waals surface area contributed by atoms with Crippen molar-refractivity contribution in [2.75, 3.05) is 19.8 Å². The molecule has 22 heavy (non-hydrogen) atoms. The van der Waals surface area contributed by atoms with Crippen molar-refractivity contribution < 1.29 is 37.9 Å². The highest BCUT2D eigenvalue weighted by molar-refractivity contribution is 6.69. The van der Waals surface area contributed by atoms with Crippen molar-refractivity contribution in [1.29, 1.82) is 0 Å². The summed E-state index contributed by atoms with van der Waals surface area (Å²) in [6, 6.07) is 0. The van der Waals surface area contributed by atoms with Crippen LogP contribution in [0.2, 0.25) is 5.04 Å². The zero-order valence-corrected chi connectivity index (χ0v) is 14.0. The van der Waals surface area contributed by atoms with E-state index in [1.165, 1.54) is 0 Å². The second-order valence-electron chi connectivity index (χ2n) is 4.77. The van der Waals surface area contributed by atoms with Crippen LogP contribution in [-0.2, 0) is 27.7 Å². The molecule has 0 aromatic rings. The van der Waals surface area contributed by atoms with Crippen LogP contribution in [0.4, 0.5) is 0 Å². The van der Waals surface area contributed by atoms with Crippen molar-refractivity contribution in [2.24, 2.45) is 5.73 Å². The molecule has 0 amide bonds. The maximum Gasteiger partial charge on any atom is 0.713 e. The predicted molar refractivity (Wildman–Crippen MR) is 76.2 cm³/mol. The molecule has 9 nitrogen and oxygen atoms in total. The van der Waals surface area contributed by atoms with Gasteiger partial charge in [-0.25, -0.2) is 0 Å². The van der Waals surface area contributed by atoms with E-state index in [2.05, 4.69) is 0 Å². The first-order valence-electron chi connectivity index (χ1n) is 6.69. The first-order chi connectivity index (χ1) is 10.2. The number of nitrogens with two attached hydrogens (primary N) is 1. The average Bonchev–Trinajstić information content (AvgIpc) is 2.35. The Morgan fingerprint density at radius 3 is 1.41 bits per heavy atom. The maximum atomic E-state index is 11.5. The topological polar surface area (TPSA) is 145 Å². The number of aliphatic hydroxyl groups excluding tert-OH is 2. The van der Waals surface area contributed by atoms with Gasteiger partial charge < -0.3 is 29.2 Å². The van der Waals surface area contributed by atoms with Gasteiger partial charge in [0, 0.05) is 40.5 Å². The second kappa shape index (κ2) is 8.83. The smallest absolute Gasteiger partial charge is 0.455 e. The van der Waals surface area contributed by atoms with E-state index in [0.29, 0.717) is 0 Å². The van der Waals surface area contributed by atoms with Gasteiger partial charge in [-0.3, -0.25) is 14.4 Å². The molecule has 0 aromatic carbocycles. The lowest BCUT2D eigenvalue weighted by atomic mass is 10.0.